The number of nitriles is 2. The van der Waals surface area contributed by atoms with E-state index >= 15 is 0 Å². The van der Waals surface area contributed by atoms with Crippen LogP contribution in [0.4, 0.5) is 0 Å². The Hall–Kier alpha value is -2.87. The summed E-state index contributed by atoms with van der Waals surface area (Å²) in [5, 5.41) is 24.5. The summed E-state index contributed by atoms with van der Waals surface area (Å²) in [6.07, 6.45) is 2.35. The number of benzene rings is 1. The van der Waals surface area contributed by atoms with Crippen LogP contribution in [0.2, 0.25) is 0 Å². The molecule has 3 aliphatic rings. The Morgan fingerprint density at radius 1 is 1.15 bits per heavy atom. The fourth-order valence-corrected chi connectivity index (χ4v) is 5.06. The fourth-order valence-electron chi connectivity index (χ4n) is 5.06. The van der Waals surface area contributed by atoms with E-state index in [0.717, 1.165) is 29.7 Å². The number of methoxy groups -OCH3 is 2. The van der Waals surface area contributed by atoms with Crippen LogP contribution in [0.1, 0.15) is 30.9 Å². The van der Waals surface area contributed by atoms with Crippen molar-refractivity contribution in [3.8, 4) is 12.1 Å². The van der Waals surface area contributed by atoms with Gasteiger partial charge in [0.05, 0.1) is 18.2 Å². The molecule has 1 aromatic carbocycles. The number of rotatable bonds is 3. The van der Waals surface area contributed by atoms with E-state index < -0.39 is 22.8 Å². The lowest BCUT2D eigenvalue weighted by Crippen LogP contribution is -2.63. The molecule has 0 spiro atoms. The molecule has 0 saturated heterocycles. The summed E-state index contributed by atoms with van der Waals surface area (Å²) in [5.74, 6) is -1.61. The highest BCUT2D eigenvalue weighted by Gasteiger charge is 2.79. The molecule has 0 bridgehead atoms. The van der Waals surface area contributed by atoms with Crippen molar-refractivity contribution in [2.75, 3.05) is 14.2 Å². The van der Waals surface area contributed by atoms with Crippen LogP contribution in [0.5, 0.6) is 0 Å². The SMILES string of the molecule is COC1(OC)N=C(N)[C@]2(C#N)[C@H](c3ccccc3)NC3=C(CCC3)[C@@]12C#N. The van der Waals surface area contributed by atoms with Crippen molar-refractivity contribution in [2.24, 2.45) is 21.6 Å². The van der Waals surface area contributed by atoms with Crippen molar-refractivity contribution in [2.45, 2.75) is 31.2 Å². The highest BCUT2D eigenvalue weighted by Crippen LogP contribution is 2.67. The highest BCUT2D eigenvalue weighted by molar-refractivity contribution is 5.96. The summed E-state index contributed by atoms with van der Waals surface area (Å²) in [4.78, 5) is 4.45. The first-order chi connectivity index (χ1) is 13.1. The minimum absolute atomic E-state index is 0.0510. The van der Waals surface area contributed by atoms with Gasteiger partial charge in [-0.15, -0.1) is 0 Å². The average molecular weight is 363 g/mol. The van der Waals surface area contributed by atoms with Gasteiger partial charge in [-0.25, -0.2) is 4.99 Å². The van der Waals surface area contributed by atoms with Crippen LogP contribution in [0.15, 0.2) is 46.6 Å². The Labute approximate surface area is 158 Å². The van der Waals surface area contributed by atoms with Gasteiger partial charge in [-0.3, -0.25) is 0 Å². The first-order valence-electron chi connectivity index (χ1n) is 8.89. The number of allylic oxidation sites excluding steroid dienone is 1. The maximum atomic E-state index is 10.5. The number of amidine groups is 1. The van der Waals surface area contributed by atoms with Crippen LogP contribution in [-0.2, 0) is 9.47 Å². The summed E-state index contributed by atoms with van der Waals surface area (Å²) in [6, 6.07) is 13.8. The quantitative estimate of drug-likeness (QED) is 0.795. The zero-order chi connectivity index (χ0) is 19.3. The van der Waals surface area contributed by atoms with E-state index in [1.54, 1.807) is 0 Å². The fraction of sp³-hybridized carbons (Fsp3) is 0.450. The van der Waals surface area contributed by atoms with Crippen molar-refractivity contribution in [1.29, 1.82) is 10.5 Å². The molecule has 0 amide bonds. The number of nitrogens with two attached hydrogens (primary N) is 1. The average Bonchev–Trinajstić information content (AvgIpc) is 3.27. The number of ether oxygens (including phenoxy) is 2. The van der Waals surface area contributed by atoms with E-state index in [-0.39, 0.29) is 5.84 Å². The van der Waals surface area contributed by atoms with Crippen molar-refractivity contribution >= 4 is 5.84 Å². The first kappa shape index (κ1) is 17.5. The Morgan fingerprint density at radius 3 is 2.44 bits per heavy atom. The predicted molar refractivity (Wildman–Crippen MR) is 97.7 cm³/mol. The van der Waals surface area contributed by atoms with E-state index in [4.69, 9.17) is 15.2 Å². The first-order valence-corrected chi connectivity index (χ1v) is 8.89. The zero-order valence-corrected chi connectivity index (χ0v) is 15.3. The topological polar surface area (TPSA) is 116 Å². The highest BCUT2D eigenvalue weighted by atomic mass is 16.7. The minimum Gasteiger partial charge on any atom is -0.386 e. The molecule has 0 unspecified atom stereocenters. The second-order valence-corrected chi connectivity index (χ2v) is 7.07. The summed E-state index contributed by atoms with van der Waals surface area (Å²) in [5.41, 5.74) is 6.08. The van der Waals surface area contributed by atoms with Crippen LogP contribution in [0.25, 0.3) is 0 Å². The van der Waals surface area contributed by atoms with Gasteiger partial charge in [0, 0.05) is 19.9 Å². The summed E-state index contributed by atoms with van der Waals surface area (Å²) < 4.78 is 11.4. The van der Waals surface area contributed by atoms with E-state index in [1.165, 1.54) is 14.2 Å². The van der Waals surface area contributed by atoms with E-state index in [0.29, 0.717) is 6.42 Å². The monoisotopic (exact) mass is 363 g/mol. The van der Waals surface area contributed by atoms with E-state index in [1.807, 2.05) is 30.3 Å². The van der Waals surface area contributed by atoms with Gasteiger partial charge in [-0.05, 0) is 30.4 Å². The molecule has 1 aromatic rings. The molecule has 0 fully saturated rings. The zero-order valence-electron chi connectivity index (χ0n) is 15.3. The summed E-state index contributed by atoms with van der Waals surface area (Å²) in [6.45, 7) is 0. The minimum atomic E-state index is -1.67. The van der Waals surface area contributed by atoms with Gasteiger partial charge in [-0.2, -0.15) is 10.5 Å². The lowest BCUT2D eigenvalue weighted by atomic mass is 9.53. The third-order valence-corrected chi connectivity index (χ3v) is 6.19. The summed E-state index contributed by atoms with van der Waals surface area (Å²) in [7, 11) is 2.86. The van der Waals surface area contributed by atoms with Crippen LogP contribution < -0.4 is 11.1 Å². The molecule has 0 radical (unpaired) electrons. The Kier molecular flexibility index (Phi) is 3.78. The van der Waals surface area contributed by atoms with Gasteiger partial charge >= 0.3 is 0 Å². The van der Waals surface area contributed by atoms with Crippen molar-refractivity contribution in [1.82, 2.24) is 5.32 Å². The predicted octanol–water partition coefficient (Wildman–Crippen LogP) is 2.11. The molecular formula is C20H21N5O2. The molecule has 7 heteroatoms. The Balaban J connectivity index is 2.10. The Morgan fingerprint density at radius 2 is 1.85 bits per heavy atom. The number of hydrogen-bond acceptors (Lipinski definition) is 7. The van der Waals surface area contributed by atoms with Gasteiger partial charge in [0.25, 0.3) is 5.91 Å². The van der Waals surface area contributed by atoms with Crippen LogP contribution in [0.3, 0.4) is 0 Å². The number of nitrogens with one attached hydrogen (secondary N) is 1. The normalized spacial score (nSPS) is 33.3. The second kappa shape index (κ2) is 5.82. The third kappa shape index (κ3) is 1.78. The molecule has 1 aliphatic carbocycles. The standard InChI is InChI=1S/C20H21N5O2/c1-26-20(27-2)19(12-22)14-9-6-10-15(14)24-16(13-7-4-3-5-8-13)18(19,11-21)17(23)25-20/h3-5,7-8,16,24H,6,9-10H2,1-2H3,(H2,23,25)/t16-,18-,19+/m0/s1. The van der Waals surface area contributed by atoms with E-state index in [9.17, 15) is 10.5 Å². The molecule has 138 valence electrons. The number of fused-ring (bicyclic) bond motifs is 2. The van der Waals surface area contributed by atoms with Gasteiger partial charge in [0.15, 0.2) is 10.8 Å². The van der Waals surface area contributed by atoms with Crippen LogP contribution in [0, 0.1) is 33.5 Å². The lowest BCUT2D eigenvalue weighted by Gasteiger charge is -2.51. The van der Waals surface area contributed by atoms with Gasteiger partial charge < -0.3 is 20.5 Å². The molecule has 0 saturated carbocycles. The number of aliphatic imine (C=N–C) groups is 1. The smallest absolute Gasteiger partial charge is 0.296 e. The van der Waals surface area contributed by atoms with Gasteiger partial charge in [0.2, 0.25) is 0 Å². The molecule has 3 atom stereocenters. The molecule has 3 N–H and O–H groups in total. The van der Waals surface area contributed by atoms with Crippen molar-refractivity contribution in [3.63, 3.8) is 0 Å². The van der Waals surface area contributed by atoms with Gasteiger partial charge in [-0.1, -0.05) is 30.3 Å². The molecule has 27 heavy (non-hydrogen) atoms. The number of nitrogens with zero attached hydrogens (tertiary/aromatic N) is 3. The van der Waals surface area contributed by atoms with Crippen molar-refractivity contribution < 1.29 is 9.47 Å². The van der Waals surface area contributed by atoms with Crippen molar-refractivity contribution in [3.05, 3.63) is 47.2 Å². The third-order valence-electron chi connectivity index (χ3n) is 6.19. The lowest BCUT2D eigenvalue weighted by molar-refractivity contribution is -0.253. The molecule has 0 aromatic heterocycles. The molecule has 2 aliphatic heterocycles. The van der Waals surface area contributed by atoms with Crippen LogP contribution >= 0.6 is 0 Å². The second-order valence-electron chi connectivity index (χ2n) is 7.07. The molecule has 4 rings (SSSR count). The summed E-state index contributed by atoms with van der Waals surface area (Å²) >= 11 is 0. The van der Waals surface area contributed by atoms with Gasteiger partial charge in [0.1, 0.15) is 5.84 Å². The maximum absolute atomic E-state index is 10.5. The molecule has 2 heterocycles. The molecule has 7 nitrogen and oxygen atoms in total. The van der Waals surface area contributed by atoms with Crippen LogP contribution in [-0.4, -0.2) is 26.0 Å². The molecular weight excluding hydrogens is 342 g/mol. The van der Waals surface area contributed by atoms with E-state index in [2.05, 4.69) is 22.4 Å². The largest absolute Gasteiger partial charge is 0.386 e. The Bertz CT molecular complexity index is 922. The maximum Gasteiger partial charge on any atom is 0.296 e. The number of hydrogen-bond donors (Lipinski definition) is 2.